The third-order valence-corrected chi connectivity index (χ3v) is 3.40. The average molecular weight is 215 g/mol. The molecule has 3 nitrogen and oxygen atoms in total. The van der Waals surface area contributed by atoms with Crippen LogP contribution in [0.15, 0.2) is 0 Å². The van der Waals surface area contributed by atoms with Gasteiger partial charge in [0.1, 0.15) is 0 Å². The zero-order chi connectivity index (χ0) is 11.3. The molecule has 0 radical (unpaired) electrons. The lowest BCUT2D eigenvalue weighted by Gasteiger charge is -2.35. The number of hydrogen-bond donors (Lipinski definition) is 2. The summed E-state index contributed by atoms with van der Waals surface area (Å²) in [5.74, 6) is 0.779. The molecular weight excluding hydrogens is 190 g/mol. The summed E-state index contributed by atoms with van der Waals surface area (Å²) in [5, 5.41) is 13.6. The smallest absolute Gasteiger partial charge is 0.0771 e. The highest BCUT2D eigenvalue weighted by atomic mass is 16.5. The first-order chi connectivity index (χ1) is 7.06. The summed E-state index contributed by atoms with van der Waals surface area (Å²) < 4.78 is 5.05. The molecule has 0 bridgehead atoms. The van der Waals surface area contributed by atoms with Crippen molar-refractivity contribution in [1.29, 1.82) is 0 Å². The predicted octanol–water partition coefficient (Wildman–Crippen LogP) is 1.55. The fourth-order valence-electron chi connectivity index (χ4n) is 2.15. The zero-order valence-corrected chi connectivity index (χ0v) is 10.3. The van der Waals surface area contributed by atoms with Gasteiger partial charge in [0.25, 0.3) is 0 Å². The molecule has 1 fully saturated rings. The van der Waals surface area contributed by atoms with E-state index in [4.69, 9.17) is 4.74 Å². The van der Waals surface area contributed by atoms with E-state index in [0.29, 0.717) is 19.2 Å². The van der Waals surface area contributed by atoms with E-state index in [-0.39, 0.29) is 0 Å². The first-order valence-corrected chi connectivity index (χ1v) is 6.00. The monoisotopic (exact) mass is 215 g/mol. The Morgan fingerprint density at radius 2 is 2.07 bits per heavy atom. The van der Waals surface area contributed by atoms with Crippen LogP contribution in [0, 0.1) is 5.92 Å². The van der Waals surface area contributed by atoms with Crippen molar-refractivity contribution in [3.63, 3.8) is 0 Å². The van der Waals surface area contributed by atoms with Crippen molar-refractivity contribution in [2.45, 2.75) is 51.2 Å². The molecule has 0 aromatic carbocycles. The number of aliphatic hydroxyl groups is 1. The minimum atomic E-state index is -0.478. The molecule has 90 valence electrons. The second kappa shape index (κ2) is 5.83. The molecule has 0 heterocycles. The molecule has 0 aromatic rings. The Balaban J connectivity index is 2.24. The topological polar surface area (TPSA) is 41.5 Å². The fraction of sp³-hybridized carbons (Fsp3) is 1.00. The maximum Gasteiger partial charge on any atom is 0.0771 e. The number of nitrogens with one attached hydrogen (secondary N) is 1. The molecule has 0 spiro atoms. The highest BCUT2D eigenvalue weighted by molar-refractivity contribution is 4.87. The maximum atomic E-state index is 10.3. The van der Waals surface area contributed by atoms with Crippen LogP contribution in [0.4, 0.5) is 0 Å². The molecule has 0 aromatic heterocycles. The SMILES string of the molecule is COCC(C)NCC1(O)CCC(C)CC1. The molecule has 0 aliphatic heterocycles. The normalized spacial score (nSPS) is 34.0. The van der Waals surface area contributed by atoms with Crippen LogP contribution in [0.2, 0.25) is 0 Å². The Morgan fingerprint density at radius 3 is 2.60 bits per heavy atom. The van der Waals surface area contributed by atoms with E-state index in [0.717, 1.165) is 31.6 Å². The van der Waals surface area contributed by atoms with Crippen molar-refractivity contribution in [3.8, 4) is 0 Å². The van der Waals surface area contributed by atoms with Crippen LogP contribution in [-0.4, -0.2) is 37.0 Å². The van der Waals surface area contributed by atoms with Crippen molar-refractivity contribution in [2.75, 3.05) is 20.3 Å². The maximum absolute atomic E-state index is 10.3. The Bertz CT molecular complexity index is 176. The summed E-state index contributed by atoms with van der Waals surface area (Å²) in [6.07, 6.45) is 4.16. The largest absolute Gasteiger partial charge is 0.389 e. The molecule has 1 atom stereocenters. The third kappa shape index (κ3) is 4.49. The van der Waals surface area contributed by atoms with Gasteiger partial charge in [0.15, 0.2) is 0 Å². The Hall–Kier alpha value is -0.120. The van der Waals surface area contributed by atoms with Crippen LogP contribution in [0.25, 0.3) is 0 Å². The number of hydrogen-bond acceptors (Lipinski definition) is 3. The van der Waals surface area contributed by atoms with Crippen molar-refractivity contribution >= 4 is 0 Å². The van der Waals surface area contributed by atoms with Crippen LogP contribution in [0.1, 0.15) is 39.5 Å². The number of ether oxygens (including phenoxy) is 1. The van der Waals surface area contributed by atoms with E-state index in [1.54, 1.807) is 7.11 Å². The second-order valence-corrected chi connectivity index (χ2v) is 5.14. The van der Waals surface area contributed by atoms with Gasteiger partial charge in [0, 0.05) is 19.7 Å². The minimum Gasteiger partial charge on any atom is -0.389 e. The molecule has 3 heteroatoms. The van der Waals surface area contributed by atoms with Gasteiger partial charge in [-0.3, -0.25) is 0 Å². The van der Waals surface area contributed by atoms with Gasteiger partial charge in [-0.15, -0.1) is 0 Å². The first kappa shape index (κ1) is 12.9. The van der Waals surface area contributed by atoms with Crippen LogP contribution in [0.5, 0.6) is 0 Å². The zero-order valence-electron chi connectivity index (χ0n) is 10.3. The van der Waals surface area contributed by atoms with Gasteiger partial charge in [-0.1, -0.05) is 6.92 Å². The van der Waals surface area contributed by atoms with Gasteiger partial charge in [-0.05, 0) is 38.5 Å². The molecule has 1 aliphatic carbocycles. The lowest BCUT2D eigenvalue weighted by molar-refractivity contribution is -0.00961. The Labute approximate surface area is 93.2 Å². The average Bonchev–Trinajstić information content (AvgIpc) is 2.21. The van der Waals surface area contributed by atoms with Crippen LogP contribution < -0.4 is 5.32 Å². The van der Waals surface area contributed by atoms with Crippen molar-refractivity contribution in [1.82, 2.24) is 5.32 Å². The highest BCUT2D eigenvalue weighted by Crippen LogP contribution is 2.31. The van der Waals surface area contributed by atoms with E-state index in [1.165, 1.54) is 0 Å². The minimum absolute atomic E-state index is 0.318. The predicted molar refractivity (Wildman–Crippen MR) is 61.9 cm³/mol. The van der Waals surface area contributed by atoms with Crippen LogP contribution in [-0.2, 0) is 4.74 Å². The van der Waals surface area contributed by atoms with Gasteiger partial charge in [0.05, 0.1) is 12.2 Å². The molecule has 1 aliphatic rings. The standard InChI is InChI=1S/C12H25NO2/c1-10-4-6-12(14,7-5-10)9-13-11(2)8-15-3/h10-11,13-14H,4-9H2,1-3H3. The summed E-state index contributed by atoms with van der Waals surface area (Å²) in [4.78, 5) is 0. The summed E-state index contributed by atoms with van der Waals surface area (Å²) in [6.45, 7) is 5.75. The molecule has 2 N–H and O–H groups in total. The first-order valence-electron chi connectivity index (χ1n) is 6.00. The van der Waals surface area contributed by atoms with Gasteiger partial charge >= 0.3 is 0 Å². The lowest BCUT2D eigenvalue weighted by Crippen LogP contribution is -2.46. The van der Waals surface area contributed by atoms with Crippen molar-refractivity contribution in [2.24, 2.45) is 5.92 Å². The quantitative estimate of drug-likeness (QED) is 0.731. The summed E-state index contributed by atoms with van der Waals surface area (Å²) in [5.41, 5.74) is -0.478. The van der Waals surface area contributed by atoms with Crippen molar-refractivity contribution in [3.05, 3.63) is 0 Å². The third-order valence-electron chi connectivity index (χ3n) is 3.40. The van der Waals surface area contributed by atoms with Gasteiger partial charge in [-0.25, -0.2) is 0 Å². The van der Waals surface area contributed by atoms with Crippen molar-refractivity contribution < 1.29 is 9.84 Å². The summed E-state index contributed by atoms with van der Waals surface area (Å²) >= 11 is 0. The molecule has 1 saturated carbocycles. The lowest BCUT2D eigenvalue weighted by atomic mass is 9.79. The Kier molecular flexibility index (Phi) is 5.03. The van der Waals surface area contributed by atoms with Crippen LogP contribution >= 0.6 is 0 Å². The van der Waals surface area contributed by atoms with E-state index >= 15 is 0 Å². The number of rotatable bonds is 5. The van der Waals surface area contributed by atoms with E-state index in [2.05, 4.69) is 19.2 Å². The van der Waals surface area contributed by atoms with Crippen LogP contribution in [0.3, 0.4) is 0 Å². The summed E-state index contributed by atoms with van der Waals surface area (Å²) in [6, 6.07) is 0.318. The molecule has 0 amide bonds. The summed E-state index contributed by atoms with van der Waals surface area (Å²) in [7, 11) is 1.70. The van der Waals surface area contributed by atoms with Gasteiger partial charge < -0.3 is 15.2 Å². The van der Waals surface area contributed by atoms with E-state index in [1.807, 2.05) is 0 Å². The molecular formula is C12H25NO2. The van der Waals surface area contributed by atoms with Gasteiger partial charge in [-0.2, -0.15) is 0 Å². The van der Waals surface area contributed by atoms with E-state index < -0.39 is 5.60 Å². The highest BCUT2D eigenvalue weighted by Gasteiger charge is 2.31. The van der Waals surface area contributed by atoms with Gasteiger partial charge in [0.2, 0.25) is 0 Å². The molecule has 15 heavy (non-hydrogen) atoms. The molecule has 1 unspecified atom stereocenters. The van der Waals surface area contributed by atoms with E-state index in [9.17, 15) is 5.11 Å². The molecule has 0 saturated heterocycles. The second-order valence-electron chi connectivity index (χ2n) is 5.14. The Morgan fingerprint density at radius 1 is 1.47 bits per heavy atom. The number of methoxy groups -OCH3 is 1. The molecule has 1 rings (SSSR count). The fourth-order valence-corrected chi connectivity index (χ4v) is 2.15.